The zero-order valence-electron chi connectivity index (χ0n) is 34.6. The van der Waals surface area contributed by atoms with Crippen molar-refractivity contribution >= 4 is 5.97 Å². The molecule has 16 heteroatoms. The van der Waals surface area contributed by atoms with Gasteiger partial charge >= 0.3 is 5.97 Å². The maximum absolute atomic E-state index is 14.6. The Hall–Kier alpha value is -1.35. The second kappa shape index (κ2) is 15.2. The molecule has 21 atom stereocenters. The zero-order valence-corrected chi connectivity index (χ0v) is 34.6. The van der Waals surface area contributed by atoms with Crippen LogP contribution in [0.3, 0.4) is 0 Å². The summed E-state index contributed by atoms with van der Waals surface area (Å²) in [5.74, 6) is -1.55. The molecule has 4 saturated carbocycles. The van der Waals surface area contributed by atoms with Crippen LogP contribution in [0.2, 0.25) is 0 Å². The number of allylic oxidation sites excluding steroid dienone is 1. The van der Waals surface area contributed by atoms with Crippen LogP contribution in [0.5, 0.6) is 0 Å². The molecule has 2 heterocycles. The van der Waals surface area contributed by atoms with Gasteiger partial charge in [-0.2, -0.15) is 0 Å². The predicted molar refractivity (Wildman–Crippen MR) is 202 cm³/mol. The molecule has 0 amide bonds. The topological polar surface area (TPSA) is 277 Å². The van der Waals surface area contributed by atoms with Gasteiger partial charge in [-0.1, -0.05) is 53.2 Å². The van der Waals surface area contributed by atoms with Gasteiger partial charge in [0.2, 0.25) is 6.29 Å². The molecule has 58 heavy (non-hydrogen) atoms. The van der Waals surface area contributed by atoms with E-state index in [0.29, 0.717) is 51.4 Å². The number of ether oxygens (including phenoxy) is 4. The molecular formula is C42H68O16. The SMILES string of the molecule is CC1(C)CC[C@]2(C(=O)O[C@@H]3O[C@H](CO)[C@@H](O)[C@H](O)[C@H]3O)CC[C@]3(C)C(=CC[C@@H]4[C@@]5(C)C[C@@H](O)[C@H](O)[C@@](C)(CO[C@@H]6O[C@H](CO)[C@@H](O)[C@H](O)[C@H]6O)[C@@H]5CC[C@]43C)[C@@H]2[C@@H]1O. The van der Waals surface area contributed by atoms with Crippen molar-refractivity contribution < 1.29 is 79.9 Å². The van der Waals surface area contributed by atoms with Crippen molar-refractivity contribution in [3.63, 3.8) is 0 Å². The van der Waals surface area contributed by atoms with Crippen LogP contribution in [-0.2, 0) is 23.7 Å². The summed E-state index contributed by atoms with van der Waals surface area (Å²) in [6.07, 6.45) is -12.5. The van der Waals surface area contributed by atoms with Gasteiger partial charge in [-0.05, 0) is 84.9 Å². The number of hydrogen-bond acceptors (Lipinski definition) is 16. The molecule has 0 aromatic rings. The molecule has 7 aliphatic rings. The maximum atomic E-state index is 14.6. The van der Waals surface area contributed by atoms with E-state index in [9.17, 15) is 61.0 Å². The van der Waals surface area contributed by atoms with Crippen LogP contribution < -0.4 is 0 Å². The van der Waals surface area contributed by atoms with Crippen LogP contribution in [0.4, 0.5) is 0 Å². The summed E-state index contributed by atoms with van der Waals surface area (Å²) in [6.45, 7) is 11.0. The summed E-state index contributed by atoms with van der Waals surface area (Å²) in [6, 6.07) is 0. The fourth-order valence-electron chi connectivity index (χ4n) is 13.6. The lowest BCUT2D eigenvalue weighted by atomic mass is 9.33. The van der Waals surface area contributed by atoms with Crippen molar-refractivity contribution in [3.8, 4) is 0 Å². The lowest BCUT2D eigenvalue weighted by molar-refractivity contribution is -0.319. The highest BCUT2D eigenvalue weighted by atomic mass is 16.7. The molecule has 7 rings (SSSR count). The van der Waals surface area contributed by atoms with E-state index in [-0.39, 0.29) is 18.4 Å². The minimum Gasteiger partial charge on any atom is -0.432 e. The highest BCUT2D eigenvalue weighted by Crippen LogP contribution is 2.76. The summed E-state index contributed by atoms with van der Waals surface area (Å²) in [5.41, 5.74) is -3.32. The molecule has 2 saturated heterocycles. The van der Waals surface area contributed by atoms with Crippen molar-refractivity contribution in [1.29, 1.82) is 0 Å². The second-order valence-electron chi connectivity index (χ2n) is 20.7. The molecule has 6 fully saturated rings. The van der Waals surface area contributed by atoms with Crippen molar-refractivity contribution in [2.75, 3.05) is 19.8 Å². The first-order chi connectivity index (χ1) is 27.0. The van der Waals surface area contributed by atoms with Gasteiger partial charge in [0.05, 0.1) is 43.5 Å². The minimum absolute atomic E-state index is 0.0245. The predicted octanol–water partition coefficient (Wildman–Crippen LogP) is -0.770. The zero-order chi connectivity index (χ0) is 42.7. The van der Waals surface area contributed by atoms with Gasteiger partial charge in [0.1, 0.15) is 48.8 Å². The van der Waals surface area contributed by atoms with E-state index in [1.165, 1.54) is 0 Å². The van der Waals surface area contributed by atoms with E-state index >= 15 is 0 Å². The molecule has 0 spiro atoms. The van der Waals surface area contributed by atoms with Crippen LogP contribution in [0.1, 0.15) is 92.9 Å². The third-order valence-electron chi connectivity index (χ3n) is 17.5. The van der Waals surface area contributed by atoms with E-state index in [4.69, 9.17) is 18.9 Å². The maximum Gasteiger partial charge on any atom is 0.315 e. The molecule has 0 bridgehead atoms. The number of rotatable bonds is 7. The van der Waals surface area contributed by atoms with Crippen molar-refractivity contribution in [1.82, 2.24) is 0 Å². The Kier molecular flexibility index (Phi) is 11.7. The van der Waals surface area contributed by atoms with Gasteiger partial charge in [-0.3, -0.25) is 4.79 Å². The lowest BCUT2D eigenvalue weighted by Crippen LogP contribution is -2.69. The standard InChI is InChI=1S/C42H68O16/c1-37(2)11-13-42(36(54)58-35-31(51)29(49)27(47)22(17-44)57-35)14-12-40(5)19(25(42)33(37)53)7-8-24-38(3)15-20(45)32(52)39(4,23(38)9-10-41(24,40)6)18-55-34-30(50)28(48)26(46)21(16-43)56-34/h7,20-35,43-53H,8-18H2,1-6H3/t20-,21-,22-,23-,24-,25-,26-,27-,28+,29+,30-,31-,32+,33+,34-,35+,38+,39+,40-,41-,42+/m1/s1. The first-order valence-corrected chi connectivity index (χ1v) is 21.2. The van der Waals surface area contributed by atoms with Crippen LogP contribution in [0.25, 0.3) is 0 Å². The summed E-state index contributed by atoms with van der Waals surface area (Å²) >= 11 is 0. The minimum atomic E-state index is -1.77. The quantitative estimate of drug-likeness (QED) is 0.111. The second-order valence-corrected chi connectivity index (χ2v) is 20.7. The van der Waals surface area contributed by atoms with Crippen molar-refractivity contribution in [2.45, 2.75) is 173 Å². The summed E-state index contributed by atoms with van der Waals surface area (Å²) in [7, 11) is 0. The van der Waals surface area contributed by atoms with E-state index < -0.39 is 137 Å². The summed E-state index contributed by atoms with van der Waals surface area (Å²) in [5, 5.41) is 118. The largest absolute Gasteiger partial charge is 0.432 e. The summed E-state index contributed by atoms with van der Waals surface area (Å²) < 4.78 is 23.2. The van der Waals surface area contributed by atoms with Crippen LogP contribution in [0.15, 0.2) is 11.6 Å². The van der Waals surface area contributed by atoms with Crippen LogP contribution in [-0.4, -0.2) is 162 Å². The molecule has 332 valence electrons. The Morgan fingerprint density at radius 2 is 1.28 bits per heavy atom. The van der Waals surface area contributed by atoms with E-state index in [1.54, 1.807) is 0 Å². The monoisotopic (exact) mass is 828 g/mol. The first-order valence-electron chi connectivity index (χ1n) is 21.2. The molecule has 0 aromatic carbocycles. The molecular weight excluding hydrogens is 760 g/mol. The third-order valence-corrected chi connectivity index (χ3v) is 17.5. The number of aliphatic hydroxyl groups excluding tert-OH is 11. The van der Waals surface area contributed by atoms with Crippen molar-refractivity contribution in [2.24, 2.45) is 50.2 Å². The molecule has 0 aromatic heterocycles. The van der Waals surface area contributed by atoms with Gasteiger partial charge in [-0.25, -0.2) is 0 Å². The third kappa shape index (κ3) is 6.33. The Labute approximate surface area is 339 Å². The molecule has 0 radical (unpaired) electrons. The molecule has 2 aliphatic heterocycles. The number of esters is 1. The number of hydrogen-bond donors (Lipinski definition) is 11. The Balaban J connectivity index is 1.20. The Morgan fingerprint density at radius 3 is 1.88 bits per heavy atom. The fraction of sp³-hybridized carbons (Fsp3) is 0.929. The van der Waals surface area contributed by atoms with Gasteiger partial charge < -0.3 is 75.1 Å². The molecule has 0 unspecified atom stereocenters. The molecule has 11 N–H and O–H groups in total. The lowest BCUT2D eigenvalue weighted by Gasteiger charge is -2.72. The number of carbonyl (C=O) groups is 1. The first kappa shape index (κ1) is 44.7. The van der Waals surface area contributed by atoms with E-state index in [1.807, 2.05) is 20.8 Å². The van der Waals surface area contributed by atoms with Gasteiger partial charge in [0.15, 0.2) is 6.29 Å². The van der Waals surface area contributed by atoms with Gasteiger partial charge in [-0.15, -0.1) is 0 Å². The number of aliphatic hydroxyl groups is 11. The highest BCUT2D eigenvalue weighted by Gasteiger charge is 2.72. The highest BCUT2D eigenvalue weighted by molar-refractivity contribution is 5.79. The number of carbonyl (C=O) groups excluding carboxylic acids is 1. The van der Waals surface area contributed by atoms with E-state index in [0.717, 1.165) is 5.57 Å². The van der Waals surface area contributed by atoms with Crippen LogP contribution in [0, 0.1) is 50.2 Å². The smallest absolute Gasteiger partial charge is 0.315 e. The van der Waals surface area contributed by atoms with Crippen molar-refractivity contribution in [3.05, 3.63) is 11.6 Å². The molecule has 16 nitrogen and oxygen atoms in total. The van der Waals surface area contributed by atoms with Crippen LogP contribution >= 0.6 is 0 Å². The van der Waals surface area contributed by atoms with Gasteiger partial charge in [0, 0.05) is 11.3 Å². The summed E-state index contributed by atoms with van der Waals surface area (Å²) in [4.78, 5) is 14.6. The fourth-order valence-corrected chi connectivity index (χ4v) is 13.6. The average Bonchev–Trinajstić information content (AvgIpc) is 3.17. The number of fused-ring (bicyclic) bond motifs is 7. The Bertz CT molecular complexity index is 1570. The normalized spacial score (nSPS) is 55.2. The Morgan fingerprint density at radius 1 is 0.707 bits per heavy atom. The average molecular weight is 829 g/mol. The molecule has 5 aliphatic carbocycles. The van der Waals surface area contributed by atoms with E-state index in [2.05, 4.69) is 26.8 Å². The van der Waals surface area contributed by atoms with Gasteiger partial charge in [0.25, 0.3) is 0 Å².